The van der Waals surface area contributed by atoms with Crippen molar-refractivity contribution in [3.63, 3.8) is 0 Å². The summed E-state index contributed by atoms with van der Waals surface area (Å²) < 4.78 is 1.92. The molecule has 0 spiro atoms. The summed E-state index contributed by atoms with van der Waals surface area (Å²) in [6.45, 7) is 6.26. The van der Waals surface area contributed by atoms with E-state index in [-0.39, 0.29) is 12.1 Å². The number of aliphatic hydroxyl groups is 1. The lowest BCUT2D eigenvalue weighted by atomic mass is 10.1. The fourth-order valence-corrected chi connectivity index (χ4v) is 3.56. The van der Waals surface area contributed by atoms with Gasteiger partial charge in [0.15, 0.2) is 0 Å². The van der Waals surface area contributed by atoms with E-state index in [0.717, 1.165) is 42.4 Å². The summed E-state index contributed by atoms with van der Waals surface area (Å²) in [6, 6.07) is 8.00. The zero-order valence-corrected chi connectivity index (χ0v) is 13.7. The minimum Gasteiger partial charge on any atom is -0.477 e. The largest absolute Gasteiger partial charge is 0.477 e. The number of benzene rings is 1. The van der Waals surface area contributed by atoms with Crippen molar-refractivity contribution in [2.24, 2.45) is 0 Å². The maximum absolute atomic E-state index is 11.9. The average Bonchev–Trinajstić information content (AvgIpc) is 2.84. The number of hydrogen-bond donors (Lipinski definition) is 2. The second-order valence-electron chi connectivity index (χ2n) is 6.62. The van der Waals surface area contributed by atoms with Gasteiger partial charge in [-0.15, -0.1) is 0 Å². The number of hydrogen-bond acceptors (Lipinski definition) is 3. The monoisotopic (exact) mass is 316 g/mol. The Morgan fingerprint density at radius 2 is 1.91 bits per heavy atom. The number of para-hydroxylation sites is 1. The van der Waals surface area contributed by atoms with Gasteiger partial charge in [0.1, 0.15) is 5.69 Å². The first-order valence-electron chi connectivity index (χ1n) is 8.24. The molecule has 5 heteroatoms. The highest BCUT2D eigenvalue weighted by Gasteiger charge is 2.26. The van der Waals surface area contributed by atoms with Crippen molar-refractivity contribution < 1.29 is 15.0 Å². The van der Waals surface area contributed by atoms with Crippen LogP contribution in [0.3, 0.4) is 0 Å². The van der Waals surface area contributed by atoms with Gasteiger partial charge in [0.25, 0.3) is 0 Å². The van der Waals surface area contributed by atoms with Crippen LogP contribution in [0.25, 0.3) is 10.9 Å². The molecule has 1 fully saturated rings. The molecule has 1 aromatic heterocycles. The van der Waals surface area contributed by atoms with E-state index in [1.807, 2.05) is 42.7 Å². The topological polar surface area (TPSA) is 65.7 Å². The molecule has 23 heavy (non-hydrogen) atoms. The Morgan fingerprint density at radius 3 is 2.52 bits per heavy atom. The molecule has 0 radical (unpaired) electrons. The van der Waals surface area contributed by atoms with E-state index in [1.165, 1.54) is 0 Å². The number of aliphatic hydroxyl groups excluding tert-OH is 1. The molecule has 124 valence electrons. The molecule has 2 aromatic rings. The molecule has 0 aliphatic carbocycles. The summed E-state index contributed by atoms with van der Waals surface area (Å²) in [7, 11) is 0. The fourth-order valence-electron chi connectivity index (χ4n) is 3.56. The standard InChI is InChI=1S/C18H24N2O3/c1-12(2)20-16-6-4-3-5-14(16)15(17(20)18(22)23)11-19-9-7-13(21)8-10-19/h3-6,12-13,21H,7-11H2,1-2H3,(H,22,23). The highest BCUT2D eigenvalue weighted by Crippen LogP contribution is 2.31. The molecule has 2 heterocycles. The number of likely N-dealkylation sites (tertiary alicyclic amines) is 1. The van der Waals surface area contributed by atoms with E-state index in [1.54, 1.807) is 0 Å². The maximum atomic E-state index is 11.9. The van der Waals surface area contributed by atoms with Gasteiger partial charge in [-0.2, -0.15) is 0 Å². The van der Waals surface area contributed by atoms with Gasteiger partial charge in [0.05, 0.1) is 6.10 Å². The second-order valence-corrected chi connectivity index (χ2v) is 6.62. The lowest BCUT2D eigenvalue weighted by molar-refractivity contribution is 0.0670. The van der Waals surface area contributed by atoms with Crippen molar-refractivity contribution in [3.8, 4) is 0 Å². The first kappa shape index (κ1) is 16.0. The Morgan fingerprint density at radius 1 is 1.26 bits per heavy atom. The molecule has 1 aliphatic rings. The Kier molecular flexibility index (Phi) is 4.41. The summed E-state index contributed by atoms with van der Waals surface area (Å²) >= 11 is 0. The molecule has 0 unspecified atom stereocenters. The van der Waals surface area contributed by atoms with Crippen molar-refractivity contribution in [2.75, 3.05) is 13.1 Å². The third-order valence-electron chi connectivity index (χ3n) is 4.67. The molecule has 0 saturated carbocycles. The zero-order chi connectivity index (χ0) is 16.6. The lowest BCUT2D eigenvalue weighted by Crippen LogP contribution is -2.35. The van der Waals surface area contributed by atoms with E-state index in [0.29, 0.717) is 12.2 Å². The number of nitrogens with zero attached hydrogens (tertiary/aromatic N) is 2. The summed E-state index contributed by atoms with van der Waals surface area (Å²) in [5, 5.41) is 20.5. The van der Waals surface area contributed by atoms with Gasteiger partial charge in [-0.1, -0.05) is 18.2 Å². The van der Waals surface area contributed by atoms with Crippen LogP contribution in [0.5, 0.6) is 0 Å². The molecule has 1 saturated heterocycles. The molecule has 0 bridgehead atoms. The first-order chi connectivity index (χ1) is 11.0. The highest BCUT2D eigenvalue weighted by atomic mass is 16.4. The summed E-state index contributed by atoms with van der Waals surface area (Å²) in [5.74, 6) is -0.873. The predicted octanol–water partition coefficient (Wildman–Crippen LogP) is 2.88. The van der Waals surface area contributed by atoms with Crippen LogP contribution in [-0.2, 0) is 6.54 Å². The molecule has 2 N–H and O–H groups in total. The highest BCUT2D eigenvalue weighted by molar-refractivity contribution is 5.98. The number of rotatable bonds is 4. The van der Waals surface area contributed by atoms with Crippen LogP contribution in [0, 0.1) is 0 Å². The summed E-state index contributed by atoms with van der Waals surface area (Å²) in [6.07, 6.45) is 1.29. The Labute approximate surface area is 136 Å². The average molecular weight is 316 g/mol. The number of piperidine rings is 1. The van der Waals surface area contributed by atoms with E-state index < -0.39 is 5.97 Å². The van der Waals surface area contributed by atoms with Gasteiger partial charge in [0.2, 0.25) is 0 Å². The minimum atomic E-state index is -0.873. The summed E-state index contributed by atoms with van der Waals surface area (Å²) in [4.78, 5) is 14.2. The van der Waals surface area contributed by atoms with E-state index in [9.17, 15) is 15.0 Å². The summed E-state index contributed by atoms with van der Waals surface area (Å²) in [5.41, 5.74) is 2.26. The number of carbonyl (C=O) groups is 1. The molecule has 1 aromatic carbocycles. The number of fused-ring (bicyclic) bond motifs is 1. The van der Waals surface area contributed by atoms with Crippen LogP contribution in [0.15, 0.2) is 24.3 Å². The molecule has 0 atom stereocenters. The van der Waals surface area contributed by atoms with Gasteiger partial charge in [-0.25, -0.2) is 4.79 Å². The third kappa shape index (κ3) is 2.99. The fraction of sp³-hybridized carbons (Fsp3) is 0.500. The second kappa shape index (κ2) is 6.34. The van der Waals surface area contributed by atoms with Crippen molar-refractivity contribution in [2.45, 2.75) is 45.4 Å². The molecule has 3 rings (SSSR count). The van der Waals surface area contributed by atoms with E-state index in [2.05, 4.69) is 4.90 Å². The van der Waals surface area contributed by atoms with Gasteiger partial charge < -0.3 is 14.8 Å². The van der Waals surface area contributed by atoms with Crippen molar-refractivity contribution in [3.05, 3.63) is 35.5 Å². The third-order valence-corrected chi connectivity index (χ3v) is 4.67. The minimum absolute atomic E-state index is 0.0860. The number of aromatic nitrogens is 1. The quantitative estimate of drug-likeness (QED) is 0.910. The van der Waals surface area contributed by atoms with Gasteiger partial charge >= 0.3 is 5.97 Å². The molecule has 0 amide bonds. The Hall–Kier alpha value is -1.85. The SMILES string of the molecule is CC(C)n1c(C(=O)O)c(CN2CCC(O)CC2)c2ccccc21. The van der Waals surface area contributed by atoms with Crippen LogP contribution >= 0.6 is 0 Å². The van der Waals surface area contributed by atoms with Crippen molar-refractivity contribution in [1.29, 1.82) is 0 Å². The Balaban J connectivity index is 2.07. The van der Waals surface area contributed by atoms with Gasteiger partial charge in [-0.05, 0) is 32.8 Å². The van der Waals surface area contributed by atoms with Crippen molar-refractivity contribution in [1.82, 2.24) is 9.47 Å². The molecule has 5 nitrogen and oxygen atoms in total. The van der Waals surface area contributed by atoms with Gasteiger partial charge in [-0.3, -0.25) is 4.90 Å². The van der Waals surface area contributed by atoms with E-state index >= 15 is 0 Å². The van der Waals surface area contributed by atoms with Crippen LogP contribution in [0.1, 0.15) is 48.8 Å². The van der Waals surface area contributed by atoms with Crippen LogP contribution in [0.2, 0.25) is 0 Å². The lowest BCUT2D eigenvalue weighted by Gasteiger charge is -2.29. The predicted molar refractivity (Wildman–Crippen MR) is 89.8 cm³/mol. The normalized spacial score (nSPS) is 17.2. The molecular weight excluding hydrogens is 292 g/mol. The maximum Gasteiger partial charge on any atom is 0.352 e. The molecular formula is C18H24N2O3. The van der Waals surface area contributed by atoms with E-state index in [4.69, 9.17) is 0 Å². The van der Waals surface area contributed by atoms with Crippen LogP contribution in [0.4, 0.5) is 0 Å². The number of carboxylic acid groups (broad SMARTS) is 1. The van der Waals surface area contributed by atoms with Crippen LogP contribution in [-0.4, -0.2) is 44.8 Å². The van der Waals surface area contributed by atoms with Gasteiger partial charge in [0, 0.05) is 42.1 Å². The zero-order valence-electron chi connectivity index (χ0n) is 13.7. The number of aromatic carboxylic acids is 1. The molecule has 1 aliphatic heterocycles. The smallest absolute Gasteiger partial charge is 0.352 e. The van der Waals surface area contributed by atoms with Crippen molar-refractivity contribution >= 4 is 16.9 Å². The number of carboxylic acids is 1. The Bertz CT molecular complexity index is 712. The van der Waals surface area contributed by atoms with Crippen LogP contribution < -0.4 is 0 Å². The first-order valence-corrected chi connectivity index (χ1v) is 8.24.